The lowest BCUT2D eigenvalue weighted by molar-refractivity contribution is -0.166. The molecule has 0 aliphatic carbocycles. The molecule has 0 unspecified atom stereocenters. The highest BCUT2D eigenvalue weighted by molar-refractivity contribution is 7.13. The Kier molecular flexibility index (Phi) is 3.73. The van der Waals surface area contributed by atoms with E-state index in [-0.39, 0.29) is 13.0 Å². The lowest BCUT2D eigenvalue weighted by Gasteiger charge is -2.23. The van der Waals surface area contributed by atoms with Crippen molar-refractivity contribution >= 4 is 28.4 Å². The molecule has 0 spiro atoms. The number of hydrogen-bond donors (Lipinski definition) is 1. The number of carbonyl (C=O) groups is 2. The van der Waals surface area contributed by atoms with E-state index >= 15 is 0 Å². The highest BCUT2D eigenvalue weighted by Gasteiger charge is 2.60. The fourth-order valence-electron chi connectivity index (χ4n) is 2.50. The fourth-order valence-corrected chi connectivity index (χ4v) is 3.18. The third kappa shape index (κ3) is 2.15. The molecule has 1 aromatic heterocycles. The molecule has 1 aliphatic heterocycles. The molecule has 1 aromatic rings. The molecule has 6 nitrogen and oxygen atoms in total. The van der Waals surface area contributed by atoms with E-state index in [1.807, 2.05) is 0 Å². The first-order valence-electron chi connectivity index (χ1n) is 6.50. The Labute approximate surface area is 121 Å². The van der Waals surface area contributed by atoms with Gasteiger partial charge in [-0.25, -0.2) is 4.98 Å². The Balaban J connectivity index is 2.35. The molecule has 1 saturated heterocycles. The summed E-state index contributed by atoms with van der Waals surface area (Å²) in [5, 5.41) is 2.15. The van der Waals surface area contributed by atoms with E-state index in [4.69, 9.17) is 15.2 Å². The Hall–Kier alpha value is -1.63. The monoisotopic (exact) mass is 298 g/mol. The molecule has 0 radical (unpaired) electrons. The largest absolute Gasteiger partial charge is 0.465 e. The smallest absolute Gasteiger partial charge is 0.324 e. The van der Waals surface area contributed by atoms with E-state index < -0.39 is 23.0 Å². The Morgan fingerprint density at radius 1 is 1.60 bits per heavy atom. The van der Waals surface area contributed by atoms with Crippen LogP contribution in [-0.4, -0.2) is 23.5 Å². The summed E-state index contributed by atoms with van der Waals surface area (Å²) in [6.45, 7) is 5.46. The molecule has 2 rings (SSSR count). The normalized spacial score (nSPS) is 29.2. The third-order valence-corrected chi connectivity index (χ3v) is 4.36. The SMILES string of the molecule is CCOC(=O)[C@]1(CC)C[C@](C)(c2csc(N)n2)OC1=O. The topological polar surface area (TPSA) is 91.5 Å². The number of carbonyl (C=O) groups excluding carboxylic acids is 2. The van der Waals surface area contributed by atoms with Crippen molar-refractivity contribution in [3.8, 4) is 0 Å². The van der Waals surface area contributed by atoms with E-state index in [1.165, 1.54) is 11.3 Å². The second-order valence-electron chi connectivity index (χ2n) is 5.02. The molecule has 0 aromatic carbocycles. The summed E-state index contributed by atoms with van der Waals surface area (Å²) in [7, 11) is 0. The number of ether oxygens (including phenoxy) is 2. The first-order valence-corrected chi connectivity index (χ1v) is 7.38. The molecule has 110 valence electrons. The summed E-state index contributed by atoms with van der Waals surface area (Å²) >= 11 is 1.28. The maximum Gasteiger partial charge on any atom is 0.324 e. The van der Waals surface area contributed by atoms with Crippen molar-refractivity contribution in [1.82, 2.24) is 4.98 Å². The maximum atomic E-state index is 12.3. The van der Waals surface area contributed by atoms with Crippen LogP contribution in [0, 0.1) is 5.41 Å². The van der Waals surface area contributed by atoms with Crippen molar-refractivity contribution in [3.63, 3.8) is 0 Å². The number of nitrogens with two attached hydrogens (primary N) is 1. The number of anilines is 1. The number of nitrogens with zero attached hydrogens (tertiary/aromatic N) is 1. The lowest BCUT2D eigenvalue weighted by atomic mass is 9.78. The van der Waals surface area contributed by atoms with Crippen molar-refractivity contribution in [1.29, 1.82) is 0 Å². The Bertz CT molecular complexity index is 544. The van der Waals surface area contributed by atoms with Gasteiger partial charge in [-0.15, -0.1) is 11.3 Å². The van der Waals surface area contributed by atoms with Crippen LogP contribution in [0.2, 0.25) is 0 Å². The van der Waals surface area contributed by atoms with Gasteiger partial charge in [0.15, 0.2) is 16.1 Å². The van der Waals surface area contributed by atoms with Crippen molar-refractivity contribution in [2.45, 2.75) is 39.2 Å². The minimum absolute atomic E-state index is 0.220. The zero-order valence-electron chi connectivity index (χ0n) is 11.8. The van der Waals surface area contributed by atoms with E-state index in [0.717, 1.165) is 0 Å². The molecular weight excluding hydrogens is 280 g/mol. The lowest BCUT2D eigenvalue weighted by Crippen LogP contribution is -2.37. The number of nitrogen functional groups attached to an aromatic ring is 1. The van der Waals surface area contributed by atoms with Crippen LogP contribution in [0.4, 0.5) is 5.13 Å². The molecule has 0 saturated carbocycles. The molecule has 20 heavy (non-hydrogen) atoms. The fraction of sp³-hybridized carbons (Fsp3) is 0.615. The zero-order valence-corrected chi connectivity index (χ0v) is 12.6. The number of thiazole rings is 1. The minimum Gasteiger partial charge on any atom is -0.465 e. The highest BCUT2D eigenvalue weighted by Crippen LogP contribution is 2.49. The summed E-state index contributed by atoms with van der Waals surface area (Å²) in [6, 6.07) is 0. The summed E-state index contributed by atoms with van der Waals surface area (Å²) in [5.74, 6) is -1.08. The molecule has 1 aliphatic rings. The van der Waals surface area contributed by atoms with E-state index in [0.29, 0.717) is 17.2 Å². The first kappa shape index (κ1) is 14.8. The molecule has 7 heteroatoms. The first-order chi connectivity index (χ1) is 9.38. The van der Waals surface area contributed by atoms with E-state index in [9.17, 15) is 9.59 Å². The number of hydrogen-bond acceptors (Lipinski definition) is 7. The van der Waals surface area contributed by atoms with Gasteiger partial charge >= 0.3 is 11.9 Å². The third-order valence-electron chi connectivity index (χ3n) is 3.68. The predicted molar refractivity (Wildman–Crippen MR) is 73.9 cm³/mol. The van der Waals surface area contributed by atoms with Crippen molar-refractivity contribution in [2.24, 2.45) is 5.41 Å². The molecule has 2 atom stereocenters. The quantitative estimate of drug-likeness (QED) is 0.673. The maximum absolute atomic E-state index is 12.3. The average molecular weight is 298 g/mol. The van der Waals surface area contributed by atoms with Gasteiger partial charge in [0.2, 0.25) is 0 Å². The van der Waals surface area contributed by atoms with Crippen molar-refractivity contribution in [2.75, 3.05) is 12.3 Å². The van der Waals surface area contributed by atoms with Gasteiger partial charge in [0.1, 0.15) is 0 Å². The Morgan fingerprint density at radius 2 is 2.30 bits per heavy atom. The number of rotatable bonds is 4. The van der Waals surface area contributed by atoms with Crippen LogP contribution in [0.15, 0.2) is 5.38 Å². The average Bonchev–Trinajstić information content (AvgIpc) is 2.93. The van der Waals surface area contributed by atoms with Gasteiger partial charge in [-0.3, -0.25) is 9.59 Å². The Morgan fingerprint density at radius 3 is 2.80 bits per heavy atom. The van der Waals surface area contributed by atoms with Crippen molar-refractivity contribution in [3.05, 3.63) is 11.1 Å². The number of cyclic esters (lactones) is 1. The zero-order chi connectivity index (χ0) is 15.0. The number of aromatic nitrogens is 1. The van der Waals surface area contributed by atoms with Crippen LogP contribution in [0.3, 0.4) is 0 Å². The molecule has 0 bridgehead atoms. The summed E-state index contributed by atoms with van der Waals surface area (Å²) in [4.78, 5) is 28.6. The van der Waals surface area contributed by atoms with Gasteiger partial charge in [0, 0.05) is 11.8 Å². The van der Waals surface area contributed by atoms with Gasteiger partial charge in [-0.1, -0.05) is 6.92 Å². The second kappa shape index (κ2) is 5.05. The summed E-state index contributed by atoms with van der Waals surface area (Å²) in [5.41, 5.74) is 4.02. The van der Waals surface area contributed by atoms with E-state index in [2.05, 4.69) is 4.98 Å². The van der Waals surface area contributed by atoms with Crippen LogP contribution >= 0.6 is 11.3 Å². The van der Waals surface area contributed by atoms with Gasteiger partial charge in [-0.2, -0.15) is 0 Å². The van der Waals surface area contributed by atoms with Crippen LogP contribution in [0.5, 0.6) is 0 Å². The summed E-state index contributed by atoms with van der Waals surface area (Å²) in [6.07, 6.45) is 0.553. The van der Waals surface area contributed by atoms with Crippen LogP contribution in [0.1, 0.15) is 39.3 Å². The molecule has 2 N–H and O–H groups in total. The van der Waals surface area contributed by atoms with Crippen LogP contribution in [-0.2, 0) is 24.7 Å². The molecule has 0 amide bonds. The van der Waals surface area contributed by atoms with Gasteiger partial charge < -0.3 is 15.2 Å². The van der Waals surface area contributed by atoms with E-state index in [1.54, 1.807) is 26.2 Å². The molecule has 1 fully saturated rings. The van der Waals surface area contributed by atoms with Gasteiger partial charge in [0.25, 0.3) is 0 Å². The second-order valence-corrected chi connectivity index (χ2v) is 5.91. The summed E-state index contributed by atoms with van der Waals surface area (Å²) < 4.78 is 10.5. The van der Waals surface area contributed by atoms with Gasteiger partial charge in [0.05, 0.1) is 12.3 Å². The van der Waals surface area contributed by atoms with Crippen LogP contribution < -0.4 is 5.73 Å². The molecule has 2 heterocycles. The highest BCUT2D eigenvalue weighted by atomic mass is 32.1. The predicted octanol–water partition coefficient (Wildman–Crippen LogP) is 1.85. The molecular formula is C13H18N2O4S. The minimum atomic E-state index is -1.25. The number of esters is 2. The van der Waals surface area contributed by atoms with Crippen LogP contribution in [0.25, 0.3) is 0 Å². The van der Waals surface area contributed by atoms with Crippen molar-refractivity contribution < 1.29 is 19.1 Å². The van der Waals surface area contributed by atoms with Gasteiger partial charge in [-0.05, 0) is 20.3 Å². The standard InChI is InChI=1S/C13H18N2O4S/c1-4-13(9(16)18-5-2)7-12(3,19-10(13)17)8-6-20-11(14)15-8/h6H,4-5,7H2,1-3H3,(H2,14,15)/t12-,13+/m1/s1.